The summed E-state index contributed by atoms with van der Waals surface area (Å²) in [6.45, 7) is 0.778. The van der Waals surface area contributed by atoms with Crippen molar-refractivity contribution in [1.82, 2.24) is 30.2 Å². The van der Waals surface area contributed by atoms with E-state index in [9.17, 15) is 53.1 Å². The van der Waals surface area contributed by atoms with Gasteiger partial charge in [-0.15, -0.1) is 0 Å². The zero-order chi connectivity index (χ0) is 38.9. The number of carbonyl (C=O) groups excluding carboxylic acids is 2. The van der Waals surface area contributed by atoms with Gasteiger partial charge in [0.25, 0.3) is 0 Å². The van der Waals surface area contributed by atoms with Crippen LogP contribution in [0.25, 0.3) is 11.2 Å². The molecule has 1 fully saturated rings. The lowest BCUT2D eigenvalue weighted by molar-refractivity contribution is -0.137. The lowest BCUT2D eigenvalue weighted by Crippen LogP contribution is -2.46. The fraction of sp³-hybridized carbons (Fsp3) is 0.696. The normalized spacial score (nSPS) is 22.5. The maximum absolute atomic E-state index is 12.6. The van der Waals surface area contributed by atoms with Gasteiger partial charge >= 0.3 is 23.5 Å². The second-order valence-electron chi connectivity index (χ2n) is 11.4. The molecule has 296 valence electrons. The number of aliphatic hydroxyl groups excluding tert-OH is 3. The number of anilines is 1. The minimum Gasteiger partial charge on any atom is -0.395 e. The Bertz CT molecular complexity index is 1670. The summed E-state index contributed by atoms with van der Waals surface area (Å²) in [5, 5.41) is 35.1. The van der Waals surface area contributed by atoms with E-state index in [2.05, 4.69) is 34.4 Å². The van der Waals surface area contributed by atoms with Crippen molar-refractivity contribution in [2.24, 2.45) is 5.41 Å². The Morgan fingerprint density at radius 1 is 1.06 bits per heavy atom. The van der Waals surface area contributed by atoms with E-state index < -0.39 is 78.6 Å². The van der Waals surface area contributed by atoms with Gasteiger partial charge in [-0.3, -0.25) is 27.7 Å². The summed E-state index contributed by atoms with van der Waals surface area (Å²) in [4.78, 5) is 75.2. The Balaban J connectivity index is 1.53. The van der Waals surface area contributed by atoms with Crippen LogP contribution in [0.15, 0.2) is 12.7 Å². The molecule has 29 heteroatoms. The van der Waals surface area contributed by atoms with E-state index in [0.29, 0.717) is 18.1 Å². The highest BCUT2D eigenvalue weighted by Gasteiger charge is 2.50. The van der Waals surface area contributed by atoms with Crippen molar-refractivity contribution in [3.63, 3.8) is 0 Å². The summed E-state index contributed by atoms with van der Waals surface area (Å²) >= 11 is 0. The van der Waals surface area contributed by atoms with E-state index in [0.717, 1.165) is 17.2 Å². The number of hydrogen-bond donors (Lipinski definition) is 10. The van der Waals surface area contributed by atoms with E-state index in [-0.39, 0.29) is 42.5 Å². The first kappa shape index (κ1) is 44.6. The zero-order valence-corrected chi connectivity index (χ0v) is 31.8. The van der Waals surface area contributed by atoms with Crippen LogP contribution in [0.3, 0.4) is 0 Å². The van der Waals surface area contributed by atoms with Crippen molar-refractivity contribution in [1.29, 1.82) is 0 Å². The molecule has 7 atom stereocenters. The fourth-order valence-corrected chi connectivity index (χ4v) is 8.83. The van der Waals surface area contributed by atoms with E-state index >= 15 is 0 Å². The number of nitrogen functional groups attached to an aromatic ring is 1. The average molecular weight is 844 g/mol. The van der Waals surface area contributed by atoms with Gasteiger partial charge in [0.05, 0.1) is 26.1 Å². The number of fused-ring (bicyclic) bond motifs is 1. The molecular formula is C23H40N7O17P3S2. The third-order valence-electron chi connectivity index (χ3n) is 6.84. The molecule has 1 aliphatic rings. The Kier molecular flexibility index (Phi) is 16.4. The number of hydrogen-bond acceptors (Lipinski definition) is 19. The number of nitrogens with one attached hydrogen (secondary N) is 2. The monoisotopic (exact) mass is 843 g/mol. The summed E-state index contributed by atoms with van der Waals surface area (Å²) in [5.74, 6) is -0.209. The van der Waals surface area contributed by atoms with Crippen molar-refractivity contribution in [2.75, 3.05) is 50.1 Å². The molecule has 2 aromatic rings. The first-order chi connectivity index (χ1) is 24.2. The molecule has 1 aliphatic heterocycles. The fourth-order valence-electron chi connectivity index (χ4n) is 4.33. The van der Waals surface area contributed by atoms with Gasteiger partial charge in [-0.1, -0.05) is 35.4 Å². The molecule has 0 aromatic carbocycles. The second-order valence-corrected chi connectivity index (χ2v) is 18.4. The number of aliphatic hydroxyl groups is 3. The maximum atomic E-state index is 12.6. The number of rotatable bonds is 22. The van der Waals surface area contributed by atoms with Crippen molar-refractivity contribution in [3.05, 3.63) is 12.7 Å². The van der Waals surface area contributed by atoms with Gasteiger partial charge < -0.3 is 56.0 Å². The summed E-state index contributed by atoms with van der Waals surface area (Å²) in [5.41, 5.74) is 4.29. The molecule has 52 heavy (non-hydrogen) atoms. The van der Waals surface area contributed by atoms with Crippen LogP contribution in [0.5, 0.6) is 0 Å². The predicted molar refractivity (Wildman–Crippen MR) is 182 cm³/mol. The molecule has 0 bridgehead atoms. The number of phosphoric acid groups is 3. The Labute approximate surface area is 303 Å². The molecule has 1 saturated heterocycles. The van der Waals surface area contributed by atoms with Crippen LogP contribution in [0, 0.1) is 5.41 Å². The number of nitrogens with two attached hydrogens (primary N) is 1. The van der Waals surface area contributed by atoms with Crippen molar-refractivity contribution in [2.45, 2.75) is 50.9 Å². The smallest absolute Gasteiger partial charge is 0.395 e. The number of imidazole rings is 1. The van der Waals surface area contributed by atoms with E-state index in [4.69, 9.17) is 24.6 Å². The highest BCUT2D eigenvalue weighted by molar-refractivity contribution is 8.76. The number of phosphoric ester groups is 3. The van der Waals surface area contributed by atoms with Crippen LogP contribution in [0.1, 0.15) is 26.5 Å². The Morgan fingerprint density at radius 3 is 2.40 bits per heavy atom. The van der Waals surface area contributed by atoms with Gasteiger partial charge in [-0.2, -0.15) is 4.31 Å². The second kappa shape index (κ2) is 19.2. The van der Waals surface area contributed by atoms with Gasteiger partial charge in [0, 0.05) is 36.4 Å². The molecular weight excluding hydrogens is 803 g/mol. The van der Waals surface area contributed by atoms with Gasteiger partial charge in [0.2, 0.25) is 11.8 Å². The minimum atomic E-state index is -5.55. The molecule has 0 saturated carbocycles. The largest absolute Gasteiger partial charge is 0.481 e. The number of carbonyl (C=O) groups is 2. The van der Waals surface area contributed by atoms with Crippen LogP contribution in [-0.2, 0) is 45.9 Å². The van der Waals surface area contributed by atoms with Gasteiger partial charge in [0.1, 0.15) is 36.3 Å². The number of nitrogens with zero attached hydrogens (tertiary/aromatic N) is 4. The summed E-state index contributed by atoms with van der Waals surface area (Å²) < 4.78 is 61.9. The van der Waals surface area contributed by atoms with Crippen LogP contribution in [0.4, 0.5) is 5.82 Å². The third kappa shape index (κ3) is 13.5. The van der Waals surface area contributed by atoms with E-state index in [1.165, 1.54) is 35.4 Å². The number of aromatic nitrogens is 4. The average Bonchev–Trinajstić information content (AvgIpc) is 3.60. The van der Waals surface area contributed by atoms with Crippen LogP contribution < -0.4 is 16.4 Å². The molecule has 0 aliphatic carbocycles. The topological polar surface area (TPSA) is 367 Å². The number of ether oxygens (including phenoxy) is 1. The van der Waals surface area contributed by atoms with E-state index in [1.807, 2.05) is 0 Å². The first-order valence-corrected chi connectivity index (χ1v) is 21.9. The zero-order valence-electron chi connectivity index (χ0n) is 27.4. The van der Waals surface area contributed by atoms with Gasteiger partial charge in [-0.05, 0) is 0 Å². The van der Waals surface area contributed by atoms with Crippen LogP contribution >= 0.6 is 45.1 Å². The molecule has 0 radical (unpaired) electrons. The van der Waals surface area contributed by atoms with E-state index in [1.54, 1.807) is 0 Å². The molecule has 3 rings (SSSR count). The molecule has 3 heterocycles. The molecule has 2 aromatic heterocycles. The predicted octanol–water partition coefficient (Wildman–Crippen LogP) is -1.22. The SMILES string of the molecule is CC(C)(COP(=O)(O)OP(=O)(O)OC[C@H]1O[C@@H](n2cnc3c(N)ncnc32)[C@H](O)[C@@H]1OP(=O)(O)O)[C@H](O)C(=O)NCCC(=O)NCCSSCCO. The van der Waals surface area contributed by atoms with Crippen molar-refractivity contribution in [3.8, 4) is 0 Å². The van der Waals surface area contributed by atoms with Gasteiger partial charge in [-0.25, -0.2) is 28.6 Å². The third-order valence-corrected chi connectivity index (χ3v) is 12.3. The summed E-state index contributed by atoms with van der Waals surface area (Å²) in [6.07, 6.45) is -6.80. The van der Waals surface area contributed by atoms with Crippen molar-refractivity contribution < 1.29 is 80.8 Å². The van der Waals surface area contributed by atoms with Gasteiger partial charge in [0.15, 0.2) is 17.7 Å². The quantitative estimate of drug-likeness (QED) is 0.0377. The molecule has 2 amide bonds. The maximum Gasteiger partial charge on any atom is 0.481 e. The standard InChI is InChI=1S/C23H40N7O17P3S2/c1-23(2,18(34)21(35)26-4-3-14(32)25-5-7-51-52-8-6-31)10-44-50(41,42)47-49(39,40)43-9-13-17(46-48(36,37)38)16(33)22(45-13)30-12-29-15-19(24)27-11-28-20(15)30/h11-13,16-18,22,31,33-34H,3-10H2,1-2H3,(H,25,32)(H,26,35)(H,39,40)(H,41,42)(H2,24,27,28)(H2,36,37,38)/t13-,16-,17-,18-,22-/m1/s1. The molecule has 2 unspecified atom stereocenters. The molecule has 24 nitrogen and oxygen atoms in total. The minimum absolute atomic E-state index is 0.0343. The van der Waals surface area contributed by atoms with Crippen LogP contribution in [-0.4, -0.2) is 135 Å². The molecule has 11 N–H and O–H groups in total. The Morgan fingerprint density at radius 2 is 1.73 bits per heavy atom. The lowest BCUT2D eigenvalue weighted by Gasteiger charge is -2.30. The summed E-state index contributed by atoms with van der Waals surface area (Å²) in [7, 11) is -13.4. The number of amides is 2. The van der Waals surface area contributed by atoms with Crippen molar-refractivity contribution >= 4 is 73.9 Å². The Hall–Kier alpha value is -1.80. The lowest BCUT2D eigenvalue weighted by atomic mass is 9.87. The first-order valence-electron chi connectivity index (χ1n) is 14.9. The van der Waals surface area contributed by atoms with Crippen LogP contribution in [0.2, 0.25) is 0 Å². The molecule has 0 spiro atoms. The highest BCUT2D eigenvalue weighted by atomic mass is 33.1. The summed E-state index contributed by atoms with van der Waals surface area (Å²) in [6, 6.07) is 0. The highest BCUT2D eigenvalue weighted by Crippen LogP contribution is 2.61.